The molecule has 1 heterocycles. The van der Waals surface area contributed by atoms with E-state index in [2.05, 4.69) is 10.3 Å². The Kier molecular flexibility index (Phi) is 5.76. The van der Waals surface area contributed by atoms with Crippen molar-refractivity contribution in [2.45, 2.75) is 40.2 Å². The summed E-state index contributed by atoms with van der Waals surface area (Å²) >= 11 is 6.05. The van der Waals surface area contributed by atoms with Gasteiger partial charge in [-0.2, -0.15) is 0 Å². The molecule has 0 bridgehead atoms. The van der Waals surface area contributed by atoms with Gasteiger partial charge < -0.3 is 10.4 Å². The van der Waals surface area contributed by atoms with Crippen LogP contribution in [0.3, 0.4) is 0 Å². The van der Waals surface area contributed by atoms with Crippen LogP contribution in [-0.2, 0) is 0 Å². The average molecular weight is 285 g/mol. The average Bonchev–Trinajstić information content (AvgIpc) is 2.26. The SMILES string of the molecule is Cc1cc(C)c(C(=O)NC(CCO)C(C)C)c(Cl)n1. The highest BCUT2D eigenvalue weighted by Gasteiger charge is 2.20. The Hall–Kier alpha value is -1.13. The van der Waals surface area contributed by atoms with E-state index in [1.807, 2.05) is 33.8 Å². The third-order valence-electron chi connectivity index (χ3n) is 3.09. The molecule has 4 nitrogen and oxygen atoms in total. The Morgan fingerprint density at radius 3 is 2.58 bits per heavy atom. The number of aliphatic hydroxyl groups excluding tert-OH is 1. The van der Waals surface area contributed by atoms with Gasteiger partial charge in [-0.05, 0) is 37.8 Å². The minimum atomic E-state index is -0.234. The van der Waals surface area contributed by atoms with Crippen LogP contribution in [-0.4, -0.2) is 28.6 Å². The normalized spacial score (nSPS) is 12.6. The maximum Gasteiger partial charge on any atom is 0.254 e. The zero-order valence-electron chi connectivity index (χ0n) is 11.8. The zero-order valence-corrected chi connectivity index (χ0v) is 12.6. The first-order valence-corrected chi connectivity index (χ1v) is 6.80. The molecule has 0 radical (unpaired) electrons. The van der Waals surface area contributed by atoms with Gasteiger partial charge in [0.2, 0.25) is 0 Å². The number of aryl methyl sites for hydroxylation is 2. The third kappa shape index (κ3) is 4.18. The molecular formula is C14H21ClN2O2. The van der Waals surface area contributed by atoms with E-state index < -0.39 is 0 Å². The molecule has 1 amide bonds. The molecule has 1 rings (SSSR count). The van der Waals surface area contributed by atoms with Gasteiger partial charge in [0.05, 0.1) is 5.56 Å². The van der Waals surface area contributed by atoms with Crippen LogP contribution in [0, 0.1) is 19.8 Å². The van der Waals surface area contributed by atoms with Crippen LogP contribution in [0.15, 0.2) is 6.07 Å². The van der Waals surface area contributed by atoms with E-state index in [0.717, 1.165) is 11.3 Å². The Balaban J connectivity index is 2.94. The standard InChI is InChI=1S/C14H21ClN2O2/c1-8(2)11(5-6-18)17-14(19)12-9(3)7-10(4)16-13(12)15/h7-8,11,18H,5-6H2,1-4H3,(H,17,19). The van der Waals surface area contributed by atoms with Crippen LogP contribution in [0.2, 0.25) is 5.15 Å². The van der Waals surface area contributed by atoms with E-state index in [1.165, 1.54) is 0 Å². The number of pyridine rings is 1. The molecule has 19 heavy (non-hydrogen) atoms. The van der Waals surface area contributed by atoms with E-state index in [9.17, 15) is 4.79 Å². The van der Waals surface area contributed by atoms with Crippen molar-refractivity contribution < 1.29 is 9.90 Å². The molecule has 0 aliphatic rings. The summed E-state index contributed by atoms with van der Waals surface area (Å²) in [6.07, 6.45) is 0.527. The molecule has 1 unspecified atom stereocenters. The van der Waals surface area contributed by atoms with Crippen LogP contribution in [0.1, 0.15) is 41.9 Å². The minimum absolute atomic E-state index is 0.0436. The first-order valence-electron chi connectivity index (χ1n) is 6.42. The van der Waals surface area contributed by atoms with Crippen LogP contribution < -0.4 is 5.32 Å². The predicted molar refractivity (Wildman–Crippen MR) is 76.5 cm³/mol. The lowest BCUT2D eigenvalue weighted by Gasteiger charge is -2.22. The summed E-state index contributed by atoms with van der Waals surface area (Å²) in [6.45, 7) is 7.72. The van der Waals surface area contributed by atoms with E-state index in [-0.39, 0.29) is 29.6 Å². The summed E-state index contributed by atoms with van der Waals surface area (Å²) < 4.78 is 0. The number of hydrogen-bond donors (Lipinski definition) is 2. The Morgan fingerprint density at radius 2 is 2.11 bits per heavy atom. The molecule has 2 N–H and O–H groups in total. The zero-order chi connectivity index (χ0) is 14.6. The first-order chi connectivity index (χ1) is 8.86. The Bertz CT molecular complexity index is 438. The first kappa shape index (κ1) is 15.9. The van der Waals surface area contributed by atoms with Crippen LogP contribution in [0.5, 0.6) is 0 Å². The lowest BCUT2D eigenvalue weighted by molar-refractivity contribution is 0.0916. The van der Waals surface area contributed by atoms with Crippen LogP contribution in [0.25, 0.3) is 0 Å². The lowest BCUT2D eigenvalue weighted by atomic mass is 10.0. The van der Waals surface area contributed by atoms with Crippen molar-refractivity contribution in [3.8, 4) is 0 Å². The number of halogens is 1. The van der Waals surface area contributed by atoms with Crippen LogP contribution in [0.4, 0.5) is 0 Å². The van der Waals surface area contributed by atoms with Gasteiger partial charge in [-0.15, -0.1) is 0 Å². The van der Waals surface area contributed by atoms with Gasteiger partial charge >= 0.3 is 0 Å². The van der Waals surface area contributed by atoms with Crippen molar-refractivity contribution in [3.63, 3.8) is 0 Å². The quantitative estimate of drug-likeness (QED) is 0.817. The summed E-state index contributed by atoms with van der Waals surface area (Å²) in [6, 6.07) is 1.76. The van der Waals surface area contributed by atoms with E-state index in [0.29, 0.717) is 12.0 Å². The summed E-state index contributed by atoms with van der Waals surface area (Å²) in [5, 5.41) is 12.2. The predicted octanol–water partition coefficient (Wildman–Crippen LogP) is 2.49. The van der Waals surface area contributed by atoms with Gasteiger partial charge in [0.15, 0.2) is 0 Å². The smallest absolute Gasteiger partial charge is 0.254 e. The number of rotatable bonds is 5. The van der Waals surface area contributed by atoms with E-state index in [1.54, 1.807) is 0 Å². The molecule has 0 fully saturated rings. The number of hydrogen-bond acceptors (Lipinski definition) is 3. The molecule has 5 heteroatoms. The minimum Gasteiger partial charge on any atom is -0.396 e. The Morgan fingerprint density at radius 1 is 1.47 bits per heavy atom. The second-order valence-electron chi connectivity index (χ2n) is 5.08. The molecule has 106 valence electrons. The number of amides is 1. The van der Waals surface area contributed by atoms with Gasteiger partial charge in [-0.3, -0.25) is 4.79 Å². The molecule has 1 atom stereocenters. The maximum atomic E-state index is 12.3. The summed E-state index contributed by atoms with van der Waals surface area (Å²) in [7, 11) is 0. The fraction of sp³-hybridized carbons (Fsp3) is 0.571. The molecule has 0 aliphatic carbocycles. The summed E-state index contributed by atoms with van der Waals surface area (Å²) in [4.78, 5) is 16.4. The molecule has 1 aromatic heterocycles. The lowest BCUT2D eigenvalue weighted by Crippen LogP contribution is -2.39. The van der Waals surface area contributed by atoms with Crippen molar-refractivity contribution in [2.75, 3.05) is 6.61 Å². The summed E-state index contributed by atoms with van der Waals surface area (Å²) in [5.41, 5.74) is 2.01. The molecule has 0 aromatic carbocycles. The van der Waals surface area contributed by atoms with Gasteiger partial charge in [0.1, 0.15) is 5.15 Å². The molecule has 0 saturated carbocycles. The van der Waals surface area contributed by atoms with Crippen molar-refractivity contribution >= 4 is 17.5 Å². The monoisotopic (exact) mass is 284 g/mol. The fourth-order valence-electron chi connectivity index (χ4n) is 2.02. The van der Waals surface area contributed by atoms with Gasteiger partial charge in [-0.25, -0.2) is 4.98 Å². The summed E-state index contributed by atoms with van der Waals surface area (Å²) in [5.74, 6) is 0.00994. The largest absolute Gasteiger partial charge is 0.396 e. The van der Waals surface area contributed by atoms with Gasteiger partial charge in [0, 0.05) is 18.3 Å². The number of aromatic nitrogens is 1. The molecular weight excluding hydrogens is 264 g/mol. The fourth-order valence-corrected chi connectivity index (χ4v) is 2.38. The van der Waals surface area contributed by atoms with E-state index in [4.69, 9.17) is 16.7 Å². The second-order valence-corrected chi connectivity index (χ2v) is 5.44. The molecule has 0 saturated heterocycles. The maximum absolute atomic E-state index is 12.3. The van der Waals surface area contributed by atoms with Gasteiger partial charge in [0.25, 0.3) is 5.91 Å². The highest BCUT2D eigenvalue weighted by molar-refractivity contribution is 6.32. The number of carbonyl (C=O) groups is 1. The van der Waals surface area contributed by atoms with Crippen LogP contribution >= 0.6 is 11.6 Å². The number of nitrogens with zero attached hydrogens (tertiary/aromatic N) is 1. The Labute approximate surface area is 119 Å². The topological polar surface area (TPSA) is 62.2 Å². The number of nitrogens with one attached hydrogen (secondary N) is 1. The number of aliphatic hydroxyl groups is 1. The van der Waals surface area contributed by atoms with Crippen molar-refractivity contribution in [2.24, 2.45) is 5.92 Å². The van der Waals surface area contributed by atoms with Crippen molar-refractivity contribution in [1.29, 1.82) is 0 Å². The van der Waals surface area contributed by atoms with Crippen molar-refractivity contribution in [1.82, 2.24) is 10.3 Å². The molecule has 1 aromatic rings. The molecule has 0 spiro atoms. The van der Waals surface area contributed by atoms with E-state index >= 15 is 0 Å². The van der Waals surface area contributed by atoms with Gasteiger partial charge in [-0.1, -0.05) is 25.4 Å². The molecule has 0 aliphatic heterocycles. The second kappa shape index (κ2) is 6.87. The highest BCUT2D eigenvalue weighted by Crippen LogP contribution is 2.19. The van der Waals surface area contributed by atoms with Crippen molar-refractivity contribution in [3.05, 3.63) is 28.0 Å². The highest BCUT2D eigenvalue weighted by atomic mass is 35.5. The number of carbonyl (C=O) groups excluding carboxylic acids is 1. The third-order valence-corrected chi connectivity index (χ3v) is 3.36.